The zero-order valence-corrected chi connectivity index (χ0v) is 7.00. The van der Waals surface area contributed by atoms with Crippen molar-refractivity contribution in [2.24, 2.45) is 0 Å². The molecule has 1 rings (SSSR count). The molecular weight excluding hydrogens is 152 g/mol. The SMILES string of the molecule is CCCNC(=O)c1[c]cncc1. The molecule has 1 amide bonds. The summed E-state index contributed by atoms with van der Waals surface area (Å²) >= 11 is 0. The molecule has 0 aromatic carbocycles. The minimum absolute atomic E-state index is 0.0840. The minimum atomic E-state index is -0.0840. The largest absolute Gasteiger partial charge is 0.352 e. The van der Waals surface area contributed by atoms with Gasteiger partial charge in [0.25, 0.3) is 5.91 Å². The summed E-state index contributed by atoms with van der Waals surface area (Å²) in [5, 5.41) is 2.75. The van der Waals surface area contributed by atoms with Crippen LogP contribution in [0.1, 0.15) is 23.7 Å². The predicted octanol–water partition coefficient (Wildman–Crippen LogP) is 1.02. The molecule has 0 fully saturated rings. The van der Waals surface area contributed by atoms with Gasteiger partial charge in [-0.05, 0) is 12.5 Å². The van der Waals surface area contributed by atoms with Crippen molar-refractivity contribution >= 4 is 5.91 Å². The summed E-state index contributed by atoms with van der Waals surface area (Å²) < 4.78 is 0. The molecule has 0 aliphatic rings. The van der Waals surface area contributed by atoms with Gasteiger partial charge in [-0.15, -0.1) is 0 Å². The van der Waals surface area contributed by atoms with Gasteiger partial charge in [0.1, 0.15) is 0 Å². The van der Waals surface area contributed by atoms with Crippen molar-refractivity contribution in [3.63, 3.8) is 0 Å². The number of nitrogens with one attached hydrogen (secondary N) is 1. The Labute approximate surface area is 71.8 Å². The summed E-state index contributed by atoms with van der Waals surface area (Å²) in [4.78, 5) is 15.0. The lowest BCUT2D eigenvalue weighted by atomic mass is 10.2. The number of carbonyl (C=O) groups excluding carboxylic acids is 1. The van der Waals surface area contributed by atoms with E-state index < -0.39 is 0 Å². The fourth-order valence-corrected chi connectivity index (χ4v) is 0.791. The van der Waals surface area contributed by atoms with E-state index in [2.05, 4.69) is 16.4 Å². The summed E-state index contributed by atoms with van der Waals surface area (Å²) in [6, 6.07) is 4.40. The smallest absolute Gasteiger partial charge is 0.252 e. The fourth-order valence-electron chi connectivity index (χ4n) is 0.791. The van der Waals surface area contributed by atoms with E-state index in [9.17, 15) is 4.79 Å². The molecule has 1 N–H and O–H groups in total. The van der Waals surface area contributed by atoms with Gasteiger partial charge in [-0.25, -0.2) is 0 Å². The number of carbonyl (C=O) groups is 1. The van der Waals surface area contributed by atoms with Crippen molar-refractivity contribution in [2.45, 2.75) is 13.3 Å². The number of hydrogen-bond acceptors (Lipinski definition) is 2. The van der Waals surface area contributed by atoms with Gasteiger partial charge < -0.3 is 5.32 Å². The standard InChI is InChI=1S/C9H11N2O/c1-2-5-11-9(12)8-3-6-10-7-4-8/h3,6-7H,2,5H2,1H3,(H,11,12). The molecule has 0 saturated carbocycles. The fraction of sp³-hybridized carbons (Fsp3) is 0.333. The van der Waals surface area contributed by atoms with Crippen LogP contribution in [0.15, 0.2) is 18.5 Å². The highest BCUT2D eigenvalue weighted by molar-refractivity contribution is 5.93. The number of hydrogen-bond donors (Lipinski definition) is 1. The Balaban J connectivity index is 2.54. The van der Waals surface area contributed by atoms with Crippen LogP contribution in [0.4, 0.5) is 0 Å². The summed E-state index contributed by atoms with van der Waals surface area (Å²) in [6.45, 7) is 2.71. The lowest BCUT2D eigenvalue weighted by Crippen LogP contribution is -2.23. The first-order valence-electron chi connectivity index (χ1n) is 3.94. The second-order valence-corrected chi connectivity index (χ2v) is 2.41. The van der Waals surface area contributed by atoms with Crippen molar-refractivity contribution < 1.29 is 4.79 Å². The first kappa shape index (κ1) is 8.71. The van der Waals surface area contributed by atoms with Gasteiger partial charge in [0.2, 0.25) is 0 Å². The third-order valence-electron chi connectivity index (χ3n) is 1.40. The molecular formula is C9H11N2O. The number of nitrogens with zero attached hydrogens (tertiary/aromatic N) is 1. The Bertz CT molecular complexity index is 246. The van der Waals surface area contributed by atoms with Crippen molar-refractivity contribution in [2.75, 3.05) is 6.54 Å². The molecule has 1 aromatic heterocycles. The molecule has 12 heavy (non-hydrogen) atoms. The quantitative estimate of drug-likeness (QED) is 0.722. The van der Waals surface area contributed by atoms with E-state index in [-0.39, 0.29) is 5.91 Å². The molecule has 0 saturated heterocycles. The highest BCUT2D eigenvalue weighted by atomic mass is 16.1. The zero-order valence-electron chi connectivity index (χ0n) is 7.00. The second kappa shape index (κ2) is 4.49. The molecule has 1 heterocycles. The van der Waals surface area contributed by atoms with Crippen LogP contribution >= 0.6 is 0 Å². The lowest BCUT2D eigenvalue weighted by molar-refractivity contribution is 0.0953. The van der Waals surface area contributed by atoms with Crippen LogP contribution in [-0.4, -0.2) is 17.4 Å². The maximum Gasteiger partial charge on any atom is 0.252 e. The topological polar surface area (TPSA) is 42.0 Å². The zero-order chi connectivity index (χ0) is 8.81. The van der Waals surface area contributed by atoms with E-state index in [0.717, 1.165) is 6.42 Å². The van der Waals surface area contributed by atoms with Crippen molar-refractivity contribution in [3.8, 4) is 0 Å². The van der Waals surface area contributed by atoms with E-state index in [1.54, 1.807) is 12.3 Å². The van der Waals surface area contributed by atoms with Gasteiger partial charge in [-0.3, -0.25) is 9.78 Å². The predicted molar refractivity (Wildman–Crippen MR) is 45.7 cm³/mol. The normalized spacial score (nSPS) is 9.42. The molecule has 63 valence electrons. The number of amides is 1. The van der Waals surface area contributed by atoms with Crippen molar-refractivity contribution in [3.05, 3.63) is 30.1 Å². The average molecular weight is 163 g/mol. The lowest BCUT2D eigenvalue weighted by Gasteiger charge is -2.01. The molecule has 3 heteroatoms. The Kier molecular flexibility index (Phi) is 3.26. The Morgan fingerprint density at radius 2 is 2.58 bits per heavy atom. The van der Waals surface area contributed by atoms with E-state index in [4.69, 9.17) is 0 Å². The van der Waals surface area contributed by atoms with Gasteiger partial charge >= 0.3 is 0 Å². The Hall–Kier alpha value is -1.38. The number of aromatic nitrogens is 1. The van der Waals surface area contributed by atoms with Crippen LogP contribution in [0.2, 0.25) is 0 Å². The molecule has 1 aromatic rings. The third-order valence-corrected chi connectivity index (χ3v) is 1.40. The van der Waals surface area contributed by atoms with E-state index in [0.29, 0.717) is 12.1 Å². The van der Waals surface area contributed by atoms with Crippen molar-refractivity contribution in [1.82, 2.24) is 10.3 Å². The first-order chi connectivity index (χ1) is 5.84. The molecule has 0 aliphatic heterocycles. The van der Waals surface area contributed by atoms with E-state index >= 15 is 0 Å². The van der Waals surface area contributed by atoms with Gasteiger partial charge in [-0.1, -0.05) is 6.92 Å². The average Bonchev–Trinajstić information content (AvgIpc) is 2.15. The summed E-state index contributed by atoms with van der Waals surface area (Å²) in [5.41, 5.74) is 0.540. The maximum atomic E-state index is 11.2. The molecule has 0 bridgehead atoms. The van der Waals surface area contributed by atoms with Gasteiger partial charge in [0.15, 0.2) is 0 Å². The number of pyridine rings is 1. The van der Waals surface area contributed by atoms with E-state index in [1.807, 2.05) is 6.92 Å². The highest BCUT2D eigenvalue weighted by Gasteiger charge is 2.01. The van der Waals surface area contributed by atoms with E-state index in [1.165, 1.54) is 6.20 Å². The van der Waals surface area contributed by atoms with Gasteiger partial charge in [0.05, 0.1) is 5.56 Å². The summed E-state index contributed by atoms with van der Waals surface area (Å²) in [6.07, 6.45) is 4.01. The monoisotopic (exact) mass is 163 g/mol. The van der Waals surface area contributed by atoms with Crippen LogP contribution in [0.5, 0.6) is 0 Å². The third kappa shape index (κ3) is 2.34. The minimum Gasteiger partial charge on any atom is -0.352 e. The van der Waals surface area contributed by atoms with Crippen LogP contribution in [0.25, 0.3) is 0 Å². The number of rotatable bonds is 3. The van der Waals surface area contributed by atoms with Crippen LogP contribution in [0, 0.1) is 6.07 Å². The molecule has 0 atom stereocenters. The molecule has 3 nitrogen and oxygen atoms in total. The first-order valence-corrected chi connectivity index (χ1v) is 3.94. The second-order valence-electron chi connectivity index (χ2n) is 2.41. The van der Waals surface area contributed by atoms with Crippen molar-refractivity contribution in [1.29, 1.82) is 0 Å². The maximum absolute atomic E-state index is 11.2. The highest BCUT2D eigenvalue weighted by Crippen LogP contribution is 1.93. The molecule has 0 unspecified atom stereocenters. The summed E-state index contributed by atoms with van der Waals surface area (Å²) in [5.74, 6) is -0.0840. The van der Waals surface area contributed by atoms with Gasteiger partial charge in [0, 0.05) is 25.0 Å². The van der Waals surface area contributed by atoms with Crippen LogP contribution in [-0.2, 0) is 0 Å². The van der Waals surface area contributed by atoms with Gasteiger partial charge in [-0.2, -0.15) is 0 Å². The Morgan fingerprint density at radius 3 is 3.17 bits per heavy atom. The molecule has 0 spiro atoms. The molecule has 1 radical (unpaired) electrons. The summed E-state index contributed by atoms with van der Waals surface area (Å²) in [7, 11) is 0. The van der Waals surface area contributed by atoms with Crippen LogP contribution < -0.4 is 5.32 Å². The van der Waals surface area contributed by atoms with Crippen LogP contribution in [0.3, 0.4) is 0 Å². The Morgan fingerprint density at radius 1 is 1.75 bits per heavy atom. The molecule has 0 aliphatic carbocycles.